The molecule has 0 spiro atoms. The number of nitrogens with two attached hydrogens (primary N) is 1. The van der Waals surface area contributed by atoms with E-state index >= 15 is 0 Å². The zero-order valence-corrected chi connectivity index (χ0v) is 32.7. The zero-order chi connectivity index (χ0) is 38.4. The molecule has 0 saturated carbocycles. The molecule has 53 heavy (non-hydrogen) atoms. The van der Waals surface area contributed by atoms with Crippen molar-refractivity contribution in [1.82, 2.24) is 25.3 Å². The Morgan fingerprint density at radius 3 is 2.21 bits per heavy atom. The number of amides is 1. The van der Waals surface area contributed by atoms with Gasteiger partial charge >= 0.3 is 11.9 Å². The summed E-state index contributed by atoms with van der Waals surface area (Å²) in [6.07, 6.45) is 5.85. The number of allylic oxidation sites excluding steroid dienone is 2. The molecule has 284 valence electrons. The minimum absolute atomic E-state index is 0.112. The molecule has 0 aromatic carbocycles. The van der Waals surface area contributed by atoms with E-state index in [0.29, 0.717) is 41.8 Å². The highest BCUT2D eigenvalue weighted by molar-refractivity contribution is 6.06. The monoisotopic (exact) mass is 724 g/mol. The molecule has 0 saturated heterocycles. The molecule has 1 amide bonds. The lowest BCUT2D eigenvalue weighted by Crippen LogP contribution is -2.25. The second-order valence-electron chi connectivity index (χ2n) is 14.2. The van der Waals surface area contributed by atoms with Gasteiger partial charge < -0.3 is 30.5 Å². The van der Waals surface area contributed by atoms with E-state index in [2.05, 4.69) is 62.0 Å². The summed E-state index contributed by atoms with van der Waals surface area (Å²) in [5.74, 6) is -1.38. The average Bonchev–Trinajstić information content (AvgIpc) is 3.83. The van der Waals surface area contributed by atoms with E-state index in [9.17, 15) is 14.4 Å². The lowest BCUT2D eigenvalue weighted by atomic mass is 9.85. The highest BCUT2D eigenvalue weighted by Gasteiger charge is 2.34. The molecule has 5 rings (SSSR count). The summed E-state index contributed by atoms with van der Waals surface area (Å²) in [5, 5.41) is 3.14. The van der Waals surface area contributed by atoms with Crippen molar-refractivity contribution in [3.8, 4) is 0 Å². The highest BCUT2D eigenvalue weighted by atomic mass is 16.5. The summed E-state index contributed by atoms with van der Waals surface area (Å²) < 4.78 is 10.3. The third kappa shape index (κ3) is 8.25. The molecule has 11 nitrogen and oxygen atoms in total. The molecule has 8 bridgehead atoms. The number of esters is 2. The molecular weight excluding hydrogens is 668 g/mol. The second-order valence-corrected chi connectivity index (χ2v) is 14.2. The molecule has 2 aliphatic heterocycles. The second kappa shape index (κ2) is 17.4. The van der Waals surface area contributed by atoms with Crippen molar-refractivity contribution in [2.24, 2.45) is 5.73 Å². The number of fused-ring (bicyclic) bond motifs is 8. The van der Waals surface area contributed by atoms with Crippen LogP contribution in [0.25, 0.3) is 33.2 Å². The number of nitrogens with one attached hydrogen (secondary N) is 3. The van der Waals surface area contributed by atoms with E-state index < -0.39 is 5.97 Å². The van der Waals surface area contributed by atoms with Crippen LogP contribution in [0.1, 0.15) is 140 Å². The maximum atomic E-state index is 14.3. The van der Waals surface area contributed by atoms with Gasteiger partial charge in [-0.05, 0) is 105 Å². The number of carbonyl (C=O) groups excluding carboxylic acids is 3. The lowest BCUT2D eigenvalue weighted by Gasteiger charge is -2.18. The minimum atomic E-state index is -0.461. The van der Waals surface area contributed by atoms with E-state index in [-0.39, 0.29) is 36.6 Å². The topological polar surface area (TPSA) is 165 Å². The molecule has 0 fully saturated rings. The molecule has 0 radical (unpaired) electrons. The van der Waals surface area contributed by atoms with E-state index in [1.807, 2.05) is 13.0 Å². The number of carbonyl (C=O) groups is 3. The van der Waals surface area contributed by atoms with Crippen LogP contribution in [-0.2, 0) is 31.9 Å². The largest absolute Gasteiger partial charge is 0.469 e. The third-order valence-electron chi connectivity index (χ3n) is 11.0. The number of hydrogen-bond donors (Lipinski definition) is 4. The van der Waals surface area contributed by atoms with Gasteiger partial charge in [0, 0.05) is 52.6 Å². The van der Waals surface area contributed by atoms with E-state index in [0.717, 1.165) is 94.4 Å². The Morgan fingerprint density at radius 2 is 1.53 bits per heavy atom. The fraction of sp³-hybridized carbons (Fsp3) is 0.500. The lowest BCUT2D eigenvalue weighted by molar-refractivity contribution is -0.141. The van der Waals surface area contributed by atoms with Gasteiger partial charge in [0.15, 0.2) is 0 Å². The number of ether oxygens (including phenoxy) is 2. The number of aryl methyl sites for hydroxylation is 3. The highest BCUT2D eigenvalue weighted by Crippen LogP contribution is 2.43. The number of unbranched alkanes of at least 4 members (excludes halogenated alkanes) is 3. The van der Waals surface area contributed by atoms with Gasteiger partial charge in [-0.2, -0.15) is 0 Å². The quantitative estimate of drug-likeness (QED) is 0.0973. The predicted octanol–water partition coefficient (Wildman–Crippen LogP) is 7.64. The normalized spacial score (nSPS) is 15.5. The first kappa shape index (κ1) is 39.4. The molecule has 0 aliphatic carbocycles. The molecule has 11 heteroatoms. The maximum Gasteiger partial charge on any atom is 0.310 e. The number of aromatic nitrogens is 4. The van der Waals surface area contributed by atoms with Gasteiger partial charge in [0.2, 0.25) is 0 Å². The summed E-state index contributed by atoms with van der Waals surface area (Å²) in [4.78, 5) is 57.7. The Morgan fingerprint density at radius 1 is 0.830 bits per heavy atom. The van der Waals surface area contributed by atoms with E-state index in [1.54, 1.807) is 0 Å². The van der Waals surface area contributed by atoms with Crippen LogP contribution in [0.4, 0.5) is 0 Å². The van der Waals surface area contributed by atoms with Gasteiger partial charge in [0.1, 0.15) is 0 Å². The van der Waals surface area contributed by atoms with Gasteiger partial charge in [0.25, 0.3) is 5.91 Å². The van der Waals surface area contributed by atoms with Crippen LogP contribution >= 0.6 is 0 Å². The number of nitrogens with zero attached hydrogens (tertiary/aromatic N) is 2. The molecule has 3 aromatic heterocycles. The predicted molar refractivity (Wildman–Crippen MR) is 211 cm³/mol. The van der Waals surface area contributed by atoms with Crippen LogP contribution < -0.4 is 11.1 Å². The minimum Gasteiger partial charge on any atom is -0.469 e. The van der Waals surface area contributed by atoms with Crippen LogP contribution in [0.5, 0.6) is 0 Å². The Hall–Kier alpha value is -4.77. The number of hydrogen-bond acceptors (Lipinski definition) is 8. The Bertz CT molecular complexity index is 2070. The van der Waals surface area contributed by atoms with Gasteiger partial charge in [-0.15, -0.1) is 0 Å². The van der Waals surface area contributed by atoms with Crippen LogP contribution in [0.2, 0.25) is 0 Å². The van der Waals surface area contributed by atoms with Gasteiger partial charge in [-0.1, -0.05) is 33.6 Å². The third-order valence-corrected chi connectivity index (χ3v) is 11.0. The summed E-state index contributed by atoms with van der Waals surface area (Å²) >= 11 is 0. The fourth-order valence-corrected chi connectivity index (χ4v) is 7.85. The molecular formula is C42H56N6O5. The van der Waals surface area contributed by atoms with Crippen LogP contribution in [0.15, 0.2) is 18.2 Å². The standard InChI is InChI=1S/C42H56N6O5/c1-9-27-23(3)31-20-33-25(5)29(15-16-37(49)52-7)40(47-33)30(19-38(50)53-8)41-39(42(51)44-18-14-12-11-13-17-43)26(6)34(48-41)22-36-28(10-2)24(4)32(46-36)21-35(27)45-31/h20-22,25,29,45,48H,9-19,43H2,1-8H3,(H,44,51). The van der Waals surface area contributed by atoms with Crippen molar-refractivity contribution in [3.05, 3.63) is 68.8 Å². The van der Waals surface area contributed by atoms with Crippen molar-refractivity contribution in [2.75, 3.05) is 27.3 Å². The average molecular weight is 725 g/mol. The van der Waals surface area contributed by atoms with Crippen LogP contribution in [0, 0.1) is 13.8 Å². The molecule has 5 N–H and O–H groups in total. The van der Waals surface area contributed by atoms with Crippen molar-refractivity contribution in [2.45, 2.75) is 111 Å². The number of rotatable bonds is 14. The molecule has 2 atom stereocenters. The summed E-state index contributed by atoms with van der Waals surface area (Å²) in [5.41, 5.74) is 18.4. The first-order valence-corrected chi connectivity index (χ1v) is 19.1. The molecule has 2 unspecified atom stereocenters. The number of H-pyrrole nitrogens is 2. The SMILES string of the molecule is CCC1=C(C)c2cc3[nH]c(cc4nc(c(CC(=O)OC)c5[nH]c(cc1n2)c(C)c5C(=O)NCCCCCCN)C(CCC(=O)OC)C4C)c(C)c3CC. The number of methoxy groups -OCH3 is 2. The Balaban J connectivity index is 1.90. The van der Waals surface area contributed by atoms with Crippen molar-refractivity contribution in [3.63, 3.8) is 0 Å². The van der Waals surface area contributed by atoms with E-state index in [4.69, 9.17) is 25.2 Å². The maximum absolute atomic E-state index is 14.3. The fourth-order valence-electron chi connectivity index (χ4n) is 7.85. The first-order chi connectivity index (χ1) is 25.5. The Kier molecular flexibility index (Phi) is 12.9. The smallest absolute Gasteiger partial charge is 0.310 e. The first-order valence-electron chi connectivity index (χ1n) is 19.1. The molecule has 2 aliphatic rings. The van der Waals surface area contributed by atoms with Crippen LogP contribution in [0.3, 0.4) is 0 Å². The van der Waals surface area contributed by atoms with E-state index in [1.165, 1.54) is 19.8 Å². The van der Waals surface area contributed by atoms with Crippen molar-refractivity contribution >= 4 is 51.1 Å². The van der Waals surface area contributed by atoms with Crippen molar-refractivity contribution < 1.29 is 23.9 Å². The molecule has 3 aromatic rings. The summed E-state index contributed by atoms with van der Waals surface area (Å²) in [7, 11) is 2.74. The van der Waals surface area contributed by atoms with Gasteiger partial charge in [-0.25, -0.2) is 4.98 Å². The van der Waals surface area contributed by atoms with Gasteiger partial charge in [0.05, 0.1) is 48.8 Å². The number of aromatic amines is 2. The van der Waals surface area contributed by atoms with Crippen LogP contribution in [-0.4, -0.2) is 65.1 Å². The molecule has 5 heterocycles. The zero-order valence-electron chi connectivity index (χ0n) is 32.7. The van der Waals surface area contributed by atoms with Gasteiger partial charge in [-0.3, -0.25) is 19.4 Å². The Labute approximate surface area is 312 Å². The summed E-state index contributed by atoms with van der Waals surface area (Å²) in [6, 6.07) is 6.24. The summed E-state index contributed by atoms with van der Waals surface area (Å²) in [6.45, 7) is 13.7. The van der Waals surface area contributed by atoms with Crippen molar-refractivity contribution in [1.29, 1.82) is 0 Å².